The maximum atomic E-state index is 12.0. The van der Waals surface area contributed by atoms with Gasteiger partial charge in [0, 0.05) is 23.9 Å². The van der Waals surface area contributed by atoms with E-state index in [1.165, 1.54) is 19.3 Å². The second-order valence-corrected chi connectivity index (χ2v) is 5.07. The molecule has 3 N–H and O–H groups in total. The summed E-state index contributed by atoms with van der Waals surface area (Å²) >= 11 is 0. The van der Waals surface area contributed by atoms with E-state index in [4.69, 9.17) is 10.5 Å². The fraction of sp³-hybridized carbons (Fsp3) is 0.533. The third-order valence-corrected chi connectivity index (χ3v) is 3.56. The van der Waals surface area contributed by atoms with Crippen molar-refractivity contribution >= 4 is 11.6 Å². The van der Waals surface area contributed by atoms with E-state index in [2.05, 4.69) is 5.32 Å². The Morgan fingerprint density at radius 3 is 2.84 bits per heavy atom. The summed E-state index contributed by atoms with van der Waals surface area (Å²) in [6.07, 6.45) is 5.03. The van der Waals surface area contributed by atoms with Gasteiger partial charge >= 0.3 is 0 Å². The number of amides is 1. The average molecular weight is 262 g/mol. The van der Waals surface area contributed by atoms with Gasteiger partial charge in [-0.2, -0.15) is 0 Å². The van der Waals surface area contributed by atoms with Gasteiger partial charge in [-0.15, -0.1) is 0 Å². The highest BCUT2D eigenvalue weighted by Gasteiger charge is 2.17. The molecule has 1 saturated carbocycles. The van der Waals surface area contributed by atoms with Gasteiger partial charge in [0.15, 0.2) is 0 Å². The molecule has 4 heteroatoms. The smallest absolute Gasteiger partial charge is 0.251 e. The zero-order valence-electron chi connectivity index (χ0n) is 11.4. The first-order chi connectivity index (χ1) is 9.19. The van der Waals surface area contributed by atoms with Crippen LogP contribution in [-0.2, 0) is 0 Å². The first kappa shape index (κ1) is 13.7. The molecule has 104 valence electrons. The monoisotopic (exact) mass is 262 g/mol. The van der Waals surface area contributed by atoms with Crippen LogP contribution in [0.2, 0.25) is 0 Å². The molecule has 0 spiro atoms. The SMILES string of the molecule is CCOc1cc(N)cc(C(=O)NCCC2CCC2)c1. The lowest BCUT2D eigenvalue weighted by Gasteiger charge is -2.25. The van der Waals surface area contributed by atoms with Crippen LogP contribution in [0.1, 0.15) is 43.0 Å². The molecule has 2 rings (SSSR count). The molecule has 0 saturated heterocycles. The minimum Gasteiger partial charge on any atom is -0.494 e. The fourth-order valence-electron chi connectivity index (χ4n) is 2.28. The molecule has 4 nitrogen and oxygen atoms in total. The van der Waals surface area contributed by atoms with E-state index in [-0.39, 0.29) is 5.91 Å². The molecule has 19 heavy (non-hydrogen) atoms. The van der Waals surface area contributed by atoms with Crippen LogP contribution in [-0.4, -0.2) is 19.1 Å². The first-order valence-corrected chi connectivity index (χ1v) is 7.00. The molecule has 1 aromatic rings. The number of nitrogens with two attached hydrogens (primary N) is 1. The normalized spacial score (nSPS) is 14.8. The van der Waals surface area contributed by atoms with Gasteiger partial charge in [-0.05, 0) is 31.4 Å². The summed E-state index contributed by atoms with van der Waals surface area (Å²) in [5.74, 6) is 1.37. The summed E-state index contributed by atoms with van der Waals surface area (Å²) in [6.45, 7) is 3.20. The maximum Gasteiger partial charge on any atom is 0.251 e. The largest absolute Gasteiger partial charge is 0.494 e. The first-order valence-electron chi connectivity index (χ1n) is 7.00. The number of ether oxygens (including phenoxy) is 1. The van der Waals surface area contributed by atoms with Gasteiger partial charge in [-0.25, -0.2) is 0 Å². The van der Waals surface area contributed by atoms with Crippen molar-refractivity contribution in [2.45, 2.75) is 32.6 Å². The van der Waals surface area contributed by atoms with Crippen molar-refractivity contribution in [1.29, 1.82) is 0 Å². The average Bonchev–Trinajstić information content (AvgIpc) is 2.31. The Hall–Kier alpha value is -1.71. The van der Waals surface area contributed by atoms with Crippen molar-refractivity contribution in [3.63, 3.8) is 0 Å². The van der Waals surface area contributed by atoms with Gasteiger partial charge in [-0.3, -0.25) is 4.79 Å². The topological polar surface area (TPSA) is 64.3 Å². The van der Waals surface area contributed by atoms with Gasteiger partial charge in [-0.1, -0.05) is 19.3 Å². The van der Waals surface area contributed by atoms with Crippen LogP contribution in [0.5, 0.6) is 5.75 Å². The van der Waals surface area contributed by atoms with Crippen LogP contribution in [0.25, 0.3) is 0 Å². The third-order valence-electron chi connectivity index (χ3n) is 3.56. The second-order valence-electron chi connectivity index (χ2n) is 5.07. The van der Waals surface area contributed by atoms with Crippen molar-refractivity contribution in [2.75, 3.05) is 18.9 Å². The molecular formula is C15H22N2O2. The number of carbonyl (C=O) groups is 1. The number of nitrogen functional groups attached to an aromatic ring is 1. The van der Waals surface area contributed by atoms with Crippen LogP contribution < -0.4 is 15.8 Å². The van der Waals surface area contributed by atoms with Crippen molar-refractivity contribution < 1.29 is 9.53 Å². The predicted molar refractivity (Wildman–Crippen MR) is 76.3 cm³/mol. The summed E-state index contributed by atoms with van der Waals surface area (Å²) in [5, 5.41) is 2.94. The molecule has 1 aromatic carbocycles. The number of hydrogen-bond donors (Lipinski definition) is 2. The van der Waals surface area contributed by atoms with E-state index in [0.717, 1.165) is 18.9 Å². The van der Waals surface area contributed by atoms with Crippen molar-refractivity contribution in [3.8, 4) is 5.75 Å². The highest BCUT2D eigenvalue weighted by atomic mass is 16.5. The Morgan fingerprint density at radius 2 is 2.21 bits per heavy atom. The molecule has 0 heterocycles. The zero-order chi connectivity index (χ0) is 13.7. The van der Waals surface area contributed by atoms with Crippen LogP contribution >= 0.6 is 0 Å². The molecule has 1 aliphatic rings. The molecule has 1 amide bonds. The number of nitrogens with one attached hydrogen (secondary N) is 1. The minimum atomic E-state index is -0.0763. The summed E-state index contributed by atoms with van der Waals surface area (Å²) in [7, 11) is 0. The van der Waals surface area contributed by atoms with E-state index in [1.54, 1.807) is 18.2 Å². The van der Waals surface area contributed by atoms with Crippen LogP contribution in [0.15, 0.2) is 18.2 Å². The summed E-state index contributed by atoms with van der Waals surface area (Å²) in [6, 6.07) is 5.15. The Morgan fingerprint density at radius 1 is 1.42 bits per heavy atom. The van der Waals surface area contributed by atoms with Crippen molar-refractivity contribution in [1.82, 2.24) is 5.32 Å². The number of rotatable bonds is 6. The van der Waals surface area contributed by atoms with Gasteiger partial charge in [0.1, 0.15) is 5.75 Å². The van der Waals surface area contributed by atoms with Crippen molar-refractivity contribution in [2.24, 2.45) is 5.92 Å². The van der Waals surface area contributed by atoms with E-state index in [1.807, 2.05) is 6.92 Å². The van der Waals surface area contributed by atoms with Crippen molar-refractivity contribution in [3.05, 3.63) is 23.8 Å². The number of anilines is 1. The molecule has 0 aliphatic heterocycles. The number of benzene rings is 1. The second kappa shape index (κ2) is 6.45. The van der Waals surface area contributed by atoms with Crippen LogP contribution in [0.4, 0.5) is 5.69 Å². The number of carbonyl (C=O) groups excluding carboxylic acids is 1. The molecule has 0 unspecified atom stereocenters. The molecule has 0 atom stereocenters. The van der Waals surface area contributed by atoms with Gasteiger partial charge < -0.3 is 15.8 Å². The van der Waals surface area contributed by atoms with E-state index < -0.39 is 0 Å². The lowest BCUT2D eigenvalue weighted by Crippen LogP contribution is -2.27. The highest BCUT2D eigenvalue weighted by Crippen LogP contribution is 2.28. The standard InChI is InChI=1S/C15H22N2O2/c1-2-19-14-9-12(8-13(16)10-14)15(18)17-7-6-11-4-3-5-11/h8-11H,2-7,16H2,1H3,(H,17,18). The zero-order valence-corrected chi connectivity index (χ0v) is 11.4. The minimum absolute atomic E-state index is 0.0763. The van der Waals surface area contributed by atoms with E-state index in [0.29, 0.717) is 23.6 Å². The lowest BCUT2D eigenvalue weighted by atomic mass is 9.83. The summed E-state index contributed by atoms with van der Waals surface area (Å²) < 4.78 is 5.39. The van der Waals surface area contributed by atoms with Gasteiger partial charge in [0.2, 0.25) is 0 Å². The third kappa shape index (κ3) is 3.88. The van der Waals surface area contributed by atoms with Gasteiger partial charge in [0.05, 0.1) is 6.61 Å². The highest BCUT2D eigenvalue weighted by molar-refractivity contribution is 5.95. The molecule has 1 aliphatic carbocycles. The van der Waals surface area contributed by atoms with Crippen LogP contribution in [0, 0.1) is 5.92 Å². The Labute approximate surface area is 114 Å². The Kier molecular flexibility index (Phi) is 4.66. The quantitative estimate of drug-likeness (QED) is 0.774. The Balaban J connectivity index is 1.89. The van der Waals surface area contributed by atoms with E-state index >= 15 is 0 Å². The molecule has 1 fully saturated rings. The molecule has 0 bridgehead atoms. The Bertz CT molecular complexity index is 442. The molecule has 0 aromatic heterocycles. The lowest BCUT2D eigenvalue weighted by molar-refractivity contribution is 0.0948. The molecule has 0 radical (unpaired) electrons. The summed E-state index contributed by atoms with van der Waals surface area (Å²) in [4.78, 5) is 12.0. The number of hydrogen-bond acceptors (Lipinski definition) is 3. The van der Waals surface area contributed by atoms with Gasteiger partial charge in [0.25, 0.3) is 5.91 Å². The molecular weight excluding hydrogens is 240 g/mol. The van der Waals surface area contributed by atoms with E-state index in [9.17, 15) is 4.79 Å². The fourth-order valence-corrected chi connectivity index (χ4v) is 2.28. The van der Waals surface area contributed by atoms with Crippen LogP contribution in [0.3, 0.4) is 0 Å². The summed E-state index contributed by atoms with van der Waals surface area (Å²) in [5.41, 5.74) is 6.89. The maximum absolute atomic E-state index is 12.0. The predicted octanol–water partition coefficient (Wildman–Crippen LogP) is 2.59.